The molecule has 2 heterocycles. The van der Waals surface area contributed by atoms with Gasteiger partial charge in [-0.15, -0.1) is 11.3 Å². The predicted molar refractivity (Wildman–Crippen MR) is 87.6 cm³/mol. The zero-order chi connectivity index (χ0) is 17.1. The summed E-state index contributed by atoms with van der Waals surface area (Å²) in [4.78, 5) is 8.53. The number of hydrogen-bond donors (Lipinski definition) is 2. The minimum Gasteiger partial charge on any atom is -0.395 e. The van der Waals surface area contributed by atoms with E-state index in [0.717, 1.165) is 5.69 Å². The summed E-state index contributed by atoms with van der Waals surface area (Å²) < 4.78 is 29.4. The van der Waals surface area contributed by atoms with Crippen LogP contribution in [0.1, 0.15) is 10.7 Å². The second-order valence-electron chi connectivity index (χ2n) is 5.41. The molecule has 0 fully saturated rings. The van der Waals surface area contributed by atoms with Crippen LogP contribution in [0.15, 0.2) is 36.1 Å². The lowest BCUT2D eigenvalue weighted by Crippen LogP contribution is -2.26. The van der Waals surface area contributed by atoms with E-state index in [4.69, 9.17) is 10.8 Å². The van der Waals surface area contributed by atoms with E-state index in [1.165, 1.54) is 29.5 Å². The van der Waals surface area contributed by atoms with Gasteiger partial charge in [0, 0.05) is 24.0 Å². The standard InChI is InChI=1S/C16H16F2N4OS/c17-12-2-1-3-13(18)16(12)14-8-24-15(21-14)6-22-5-11(20-9-22)4-10(19)7-23/h1-3,5,8-10,23H,4,6-7,19H2/t10-/m0/s1. The number of imidazole rings is 1. The van der Waals surface area contributed by atoms with Crippen molar-refractivity contribution in [2.45, 2.75) is 19.0 Å². The Kier molecular flexibility index (Phi) is 4.98. The van der Waals surface area contributed by atoms with E-state index in [1.54, 1.807) is 11.7 Å². The minimum absolute atomic E-state index is 0.100. The summed E-state index contributed by atoms with van der Waals surface area (Å²) in [5.41, 5.74) is 6.63. The number of aromatic nitrogens is 3. The third-order valence-electron chi connectivity index (χ3n) is 3.48. The molecule has 0 unspecified atom stereocenters. The number of nitrogens with zero attached hydrogens (tertiary/aromatic N) is 3. The van der Waals surface area contributed by atoms with Gasteiger partial charge in [0.25, 0.3) is 0 Å². The zero-order valence-corrected chi connectivity index (χ0v) is 13.5. The van der Waals surface area contributed by atoms with E-state index in [0.29, 0.717) is 18.0 Å². The van der Waals surface area contributed by atoms with Gasteiger partial charge in [0.15, 0.2) is 0 Å². The van der Waals surface area contributed by atoms with Crippen molar-refractivity contribution in [3.05, 3.63) is 58.4 Å². The Morgan fingerprint density at radius 1 is 1.29 bits per heavy atom. The number of halogens is 2. The summed E-state index contributed by atoms with van der Waals surface area (Å²) >= 11 is 1.33. The van der Waals surface area contributed by atoms with E-state index in [1.807, 2.05) is 10.8 Å². The highest BCUT2D eigenvalue weighted by Gasteiger charge is 2.14. The lowest BCUT2D eigenvalue weighted by molar-refractivity contribution is 0.264. The molecule has 126 valence electrons. The van der Waals surface area contributed by atoms with Crippen LogP contribution in [-0.4, -0.2) is 32.3 Å². The normalized spacial score (nSPS) is 12.5. The summed E-state index contributed by atoms with van der Waals surface area (Å²) in [5, 5.41) is 11.3. The molecule has 3 aromatic rings. The van der Waals surface area contributed by atoms with Gasteiger partial charge in [0.05, 0.1) is 36.4 Å². The maximum Gasteiger partial charge on any atom is 0.135 e. The lowest BCUT2D eigenvalue weighted by atomic mass is 10.1. The first kappa shape index (κ1) is 16.7. The summed E-state index contributed by atoms with van der Waals surface area (Å²) in [6, 6.07) is 3.41. The van der Waals surface area contributed by atoms with Crippen molar-refractivity contribution in [3.63, 3.8) is 0 Å². The van der Waals surface area contributed by atoms with Crippen LogP contribution in [0.25, 0.3) is 11.3 Å². The van der Waals surface area contributed by atoms with E-state index in [-0.39, 0.29) is 23.9 Å². The van der Waals surface area contributed by atoms with Crippen LogP contribution in [-0.2, 0) is 13.0 Å². The zero-order valence-electron chi connectivity index (χ0n) is 12.7. The molecule has 8 heteroatoms. The van der Waals surface area contributed by atoms with Crippen molar-refractivity contribution >= 4 is 11.3 Å². The molecule has 3 rings (SSSR count). The molecule has 0 aliphatic carbocycles. The number of thiazole rings is 1. The monoisotopic (exact) mass is 350 g/mol. The van der Waals surface area contributed by atoms with Crippen LogP contribution < -0.4 is 5.73 Å². The molecule has 0 aliphatic heterocycles. The summed E-state index contributed by atoms with van der Waals surface area (Å²) in [6.45, 7) is 0.346. The maximum atomic E-state index is 13.8. The van der Waals surface area contributed by atoms with Crippen LogP contribution in [0.4, 0.5) is 8.78 Å². The Bertz CT molecular complexity index is 813. The van der Waals surface area contributed by atoms with Crippen LogP contribution in [0.5, 0.6) is 0 Å². The number of nitrogens with two attached hydrogens (primary N) is 1. The molecule has 2 aromatic heterocycles. The number of hydrogen-bond acceptors (Lipinski definition) is 5. The molecule has 0 radical (unpaired) electrons. The fourth-order valence-electron chi connectivity index (χ4n) is 2.33. The van der Waals surface area contributed by atoms with E-state index in [2.05, 4.69) is 9.97 Å². The van der Waals surface area contributed by atoms with Crippen molar-refractivity contribution in [3.8, 4) is 11.3 Å². The summed E-state index contributed by atoms with van der Waals surface area (Å²) in [6.07, 6.45) is 3.94. The van der Waals surface area contributed by atoms with Gasteiger partial charge < -0.3 is 15.4 Å². The van der Waals surface area contributed by atoms with E-state index in [9.17, 15) is 8.78 Å². The average Bonchev–Trinajstić information content (AvgIpc) is 3.17. The molecule has 24 heavy (non-hydrogen) atoms. The van der Waals surface area contributed by atoms with Crippen molar-refractivity contribution in [1.82, 2.24) is 14.5 Å². The van der Waals surface area contributed by atoms with E-state index >= 15 is 0 Å². The number of aliphatic hydroxyl groups is 1. The molecule has 3 N–H and O–H groups in total. The van der Waals surface area contributed by atoms with Gasteiger partial charge >= 0.3 is 0 Å². The Hall–Kier alpha value is -2.16. The number of benzene rings is 1. The van der Waals surface area contributed by atoms with Crippen LogP contribution in [0.2, 0.25) is 0 Å². The molecular formula is C16H16F2N4OS. The Balaban J connectivity index is 1.75. The van der Waals surface area contributed by atoms with Crippen molar-refractivity contribution in [2.24, 2.45) is 5.73 Å². The number of rotatable bonds is 6. The highest BCUT2D eigenvalue weighted by Crippen LogP contribution is 2.27. The topological polar surface area (TPSA) is 77.0 Å². The largest absolute Gasteiger partial charge is 0.395 e. The molecular weight excluding hydrogens is 334 g/mol. The first-order chi connectivity index (χ1) is 11.6. The van der Waals surface area contributed by atoms with Gasteiger partial charge in [-0.3, -0.25) is 0 Å². The SMILES string of the molecule is N[C@H](CO)Cc1cn(Cc2nc(-c3c(F)cccc3F)cs2)cn1. The maximum absolute atomic E-state index is 13.8. The second kappa shape index (κ2) is 7.16. The lowest BCUT2D eigenvalue weighted by Gasteiger charge is -2.04. The Morgan fingerprint density at radius 3 is 2.75 bits per heavy atom. The van der Waals surface area contributed by atoms with Gasteiger partial charge in [0.2, 0.25) is 0 Å². The third kappa shape index (κ3) is 3.66. The molecule has 0 saturated heterocycles. The number of aliphatic hydroxyl groups excluding tert-OH is 1. The molecule has 1 aromatic carbocycles. The molecule has 0 bridgehead atoms. The molecule has 1 atom stereocenters. The smallest absolute Gasteiger partial charge is 0.135 e. The quantitative estimate of drug-likeness (QED) is 0.714. The van der Waals surface area contributed by atoms with Gasteiger partial charge in [-0.05, 0) is 12.1 Å². The first-order valence-electron chi connectivity index (χ1n) is 7.32. The molecule has 0 saturated carbocycles. The Labute approximate surface area is 141 Å². The van der Waals surface area contributed by atoms with Gasteiger partial charge in [-0.1, -0.05) is 6.07 Å². The predicted octanol–water partition coefficient (Wildman–Crippen LogP) is 2.20. The van der Waals surface area contributed by atoms with Crippen molar-refractivity contribution in [1.29, 1.82) is 0 Å². The third-order valence-corrected chi connectivity index (χ3v) is 4.31. The minimum atomic E-state index is -0.630. The van der Waals surface area contributed by atoms with Crippen molar-refractivity contribution in [2.75, 3.05) is 6.61 Å². The van der Waals surface area contributed by atoms with E-state index < -0.39 is 11.6 Å². The molecule has 0 aliphatic rings. The fourth-order valence-corrected chi connectivity index (χ4v) is 3.12. The molecule has 0 spiro atoms. The summed E-state index contributed by atoms with van der Waals surface area (Å²) in [5.74, 6) is -1.26. The van der Waals surface area contributed by atoms with Gasteiger partial charge in [-0.25, -0.2) is 18.7 Å². The van der Waals surface area contributed by atoms with Crippen LogP contribution >= 0.6 is 11.3 Å². The summed E-state index contributed by atoms with van der Waals surface area (Å²) in [7, 11) is 0. The Morgan fingerprint density at radius 2 is 2.04 bits per heavy atom. The van der Waals surface area contributed by atoms with Crippen LogP contribution in [0, 0.1) is 11.6 Å². The molecule has 5 nitrogen and oxygen atoms in total. The second-order valence-corrected chi connectivity index (χ2v) is 6.35. The van der Waals surface area contributed by atoms with Crippen molar-refractivity contribution < 1.29 is 13.9 Å². The van der Waals surface area contributed by atoms with Crippen LogP contribution in [0.3, 0.4) is 0 Å². The average molecular weight is 350 g/mol. The highest BCUT2D eigenvalue weighted by atomic mass is 32.1. The fraction of sp³-hybridized carbons (Fsp3) is 0.250. The molecule has 0 amide bonds. The van der Waals surface area contributed by atoms with Gasteiger partial charge in [-0.2, -0.15) is 0 Å². The first-order valence-corrected chi connectivity index (χ1v) is 8.20. The highest BCUT2D eigenvalue weighted by molar-refractivity contribution is 7.09. The van der Waals surface area contributed by atoms with Gasteiger partial charge in [0.1, 0.15) is 16.6 Å².